The fraction of sp³-hybridized carbons (Fsp3) is 0.310. The van der Waals surface area contributed by atoms with E-state index < -0.39 is 35.0 Å². The third-order valence-electron chi connectivity index (χ3n) is 9.79. The molecule has 2 aliphatic rings. The number of halogens is 4. The number of pyridine rings is 2. The van der Waals surface area contributed by atoms with Gasteiger partial charge in [-0.25, -0.2) is 29.4 Å². The quantitative estimate of drug-likeness (QED) is 0.0590. The summed E-state index contributed by atoms with van der Waals surface area (Å²) in [4.78, 5) is 75.4. The molecule has 6 rings (SSSR count). The van der Waals surface area contributed by atoms with Gasteiger partial charge >= 0.3 is 18.0 Å². The van der Waals surface area contributed by atoms with E-state index in [-0.39, 0.29) is 50.8 Å². The summed E-state index contributed by atoms with van der Waals surface area (Å²) in [6.07, 6.45) is 2.77. The highest BCUT2D eigenvalue weighted by Crippen LogP contribution is 2.37. The highest BCUT2D eigenvalue weighted by Gasteiger charge is 2.54. The minimum absolute atomic E-state index is 0.0688. The number of hydrogen-bond donors (Lipinski definition) is 1. The van der Waals surface area contributed by atoms with Crippen molar-refractivity contribution in [2.24, 2.45) is 0 Å². The summed E-state index contributed by atoms with van der Waals surface area (Å²) in [5.74, 6) is -1.07. The van der Waals surface area contributed by atoms with Gasteiger partial charge in [0.1, 0.15) is 31.7 Å². The van der Waals surface area contributed by atoms with Crippen LogP contribution in [0.5, 0.6) is 0 Å². The molecule has 1 N–H and O–H groups in total. The number of nitrogens with zero attached hydrogens (tertiary/aromatic N) is 7. The molecule has 0 aliphatic carbocycles. The number of urea groups is 2. The normalized spacial score (nSPS) is 18.4. The summed E-state index contributed by atoms with van der Waals surface area (Å²) in [7, 11) is 0. The molecule has 14 nitrogen and oxygen atoms in total. The number of benzene rings is 2. The number of amides is 6. The van der Waals surface area contributed by atoms with E-state index in [1.165, 1.54) is 24.3 Å². The fourth-order valence-corrected chi connectivity index (χ4v) is 7.76. The number of rotatable bonds is 13. The number of ether oxygens (including phenoxy) is 1. The van der Waals surface area contributed by atoms with Gasteiger partial charge in [-0.2, -0.15) is 10.5 Å². The molecule has 2 aromatic heterocycles. The molecule has 2 atom stereocenters. The average Bonchev–Trinajstić information content (AvgIpc) is 3.52. The minimum Gasteiger partial charge on any atom is -0.466 e. The summed E-state index contributed by atoms with van der Waals surface area (Å²) >= 11 is 23.8. The lowest BCUT2D eigenvalue weighted by Gasteiger charge is -2.32. The van der Waals surface area contributed by atoms with E-state index in [2.05, 4.69) is 21.4 Å². The Hall–Kier alpha value is -5.77. The third-order valence-corrected chi connectivity index (χ3v) is 10.6. The van der Waals surface area contributed by atoms with Crippen LogP contribution in [-0.4, -0.2) is 68.9 Å². The number of anilines is 2. The van der Waals surface area contributed by atoms with Crippen molar-refractivity contribution in [1.82, 2.24) is 20.2 Å². The smallest absolute Gasteiger partial charge is 0.332 e. The van der Waals surface area contributed by atoms with Crippen LogP contribution < -0.4 is 15.1 Å². The maximum Gasteiger partial charge on any atom is 0.332 e. The Kier molecular flexibility index (Phi) is 14.7. The lowest BCUT2D eigenvalue weighted by atomic mass is 9.90. The fourth-order valence-electron chi connectivity index (χ4n) is 6.87. The number of unbranched alkanes of at least 4 members (excludes halogenated alkanes) is 2. The second-order valence-corrected chi connectivity index (χ2v) is 15.8. The van der Waals surface area contributed by atoms with Crippen molar-refractivity contribution in [2.75, 3.05) is 23.0 Å². The molecule has 2 unspecified atom stereocenters. The molecule has 2 fully saturated rings. The van der Waals surface area contributed by atoms with Crippen LogP contribution in [0.4, 0.5) is 21.0 Å². The van der Waals surface area contributed by atoms with E-state index in [1.807, 2.05) is 6.07 Å². The highest BCUT2D eigenvalue weighted by molar-refractivity contribution is 6.34. The van der Waals surface area contributed by atoms with Gasteiger partial charge in [0.2, 0.25) is 0 Å². The van der Waals surface area contributed by atoms with E-state index >= 15 is 0 Å². The van der Waals surface area contributed by atoms with Crippen LogP contribution in [-0.2, 0) is 32.0 Å². The van der Waals surface area contributed by atoms with Gasteiger partial charge in [-0.15, -0.1) is 0 Å². The monoisotopic (exact) mass is 890 g/mol. The molecule has 4 heterocycles. The first-order chi connectivity index (χ1) is 28.5. The van der Waals surface area contributed by atoms with Crippen LogP contribution in [0.25, 0.3) is 0 Å². The Balaban J connectivity index is 0.000000240. The van der Waals surface area contributed by atoms with Gasteiger partial charge in [-0.1, -0.05) is 77.1 Å². The maximum absolute atomic E-state index is 13.7. The number of carbonyl (C=O) groups excluding carboxylic acids is 5. The predicted octanol–water partition coefficient (Wildman–Crippen LogP) is 8.47. The van der Waals surface area contributed by atoms with E-state index in [4.69, 9.17) is 61.7 Å². The Bertz CT molecular complexity index is 2350. The zero-order valence-corrected chi connectivity index (χ0v) is 35.7. The van der Waals surface area contributed by atoms with Crippen molar-refractivity contribution in [3.05, 3.63) is 116 Å². The van der Waals surface area contributed by atoms with Crippen molar-refractivity contribution in [3.63, 3.8) is 0 Å². The Labute approximate surface area is 366 Å². The van der Waals surface area contributed by atoms with Gasteiger partial charge in [-0.3, -0.25) is 14.4 Å². The molecule has 0 saturated carbocycles. The predicted molar refractivity (Wildman–Crippen MR) is 226 cm³/mol. The summed E-state index contributed by atoms with van der Waals surface area (Å²) in [5, 5.41) is 20.9. The first-order valence-electron chi connectivity index (χ1n) is 18.6. The SMILES string of the molecule is CC1(Cc2ccc(C#N)cc2)NC(=O)N(c2cc(Cl)nc(Cl)c2)C1=O.CCOC(=O)CCCCCN1C(=O)N(c2cc(Cl)nc(Cl)c2)C(=O)C1(C)Cc1ccc(C#N)cc1. The van der Waals surface area contributed by atoms with E-state index in [0.717, 1.165) is 20.9 Å². The molecule has 0 bridgehead atoms. The van der Waals surface area contributed by atoms with Gasteiger partial charge < -0.3 is 15.0 Å². The van der Waals surface area contributed by atoms with Crippen LogP contribution >= 0.6 is 46.4 Å². The molecule has 0 radical (unpaired) electrons. The van der Waals surface area contributed by atoms with E-state index in [0.29, 0.717) is 50.0 Å². The van der Waals surface area contributed by atoms with Crippen molar-refractivity contribution in [2.45, 2.75) is 70.4 Å². The van der Waals surface area contributed by atoms with Crippen molar-refractivity contribution in [1.29, 1.82) is 10.5 Å². The largest absolute Gasteiger partial charge is 0.466 e. The van der Waals surface area contributed by atoms with Gasteiger partial charge in [-0.05, 0) is 93.3 Å². The first-order valence-corrected chi connectivity index (χ1v) is 20.2. The van der Waals surface area contributed by atoms with Crippen molar-refractivity contribution in [3.8, 4) is 12.1 Å². The van der Waals surface area contributed by atoms with Crippen LogP contribution in [0.2, 0.25) is 20.6 Å². The summed E-state index contributed by atoms with van der Waals surface area (Å²) in [6.45, 7) is 5.81. The Morgan fingerprint density at radius 1 is 0.717 bits per heavy atom. The number of nitriles is 2. The lowest BCUT2D eigenvalue weighted by molar-refractivity contribution is -0.143. The number of imide groups is 2. The molecule has 60 heavy (non-hydrogen) atoms. The number of nitrogens with one attached hydrogen (secondary N) is 1. The number of carbonyl (C=O) groups is 5. The number of hydrogen-bond acceptors (Lipinski definition) is 10. The first kappa shape index (κ1) is 45.3. The summed E-state index contributed by atoms with van der Waals surface area (Å²) in [5.41, 5.74) is 0.891. The molecule has 6 amide bonds. The molecular formula is C42H38Cl4N8O6. The standard InChI is InChI=1S/C25H26Cl2N4O4.C17H12Cl2N4O2/c1-3-35-22(32)7-5-4-6-12-30-24(34)31(19-13-20(26)29-21(27)14-19)23(33)25(30,2)15-17-8-10-18(16-28)11-9-17;1-17(8-10-2-4-11(9-20)5-3-10)15(24)23(16(25)22-17)12-6-13(18)21-14(19)7-12/h8-11,13-14H,3-7,12,15H2,1-2H3;2-7H,8H2,1H3,(H,22,25). The van der Waals surface area contributed by atoms with E-state index in [1.54, 1.807) is 74.2 Å². The van der Waals surface area contributed by atoms with Gasteiger partial charge in [0, 0.05) is 25.8 Å². The van der Waals surface area contributed by atoms with Crippen LogP contribution in [0.15, 0.2) is 72.8 Å². The number of esters is 1. The Morgan fingerprint density at radius 2 is 1.20 bits per heavy atom. The van der Waals surface area contributed by atoms with Crippen LogP contribution in [0, 0.1) is 22.7 Å². The Morgan fingerprint density at radius 3 is 1.68 bits per heavy atom. The molecule has 2 aliphatic heterocycles. The van der Waals surface area contributed by atoms with Crippen LogP contribution in [0.1, 0.15) is 68.7 Å². The van der Waals surface area contributed by atoms with Gasteiger partial charge in [0.05, 0.1) is 41.2 Å². The van der Waals surface area contributed by atoms with Crippen LogP contribution in [0.3, 0.4) is 0 Å². The lowest BCUT2D eigenvalue weighted by Crippen LogP contribution is -2.49. The molecule has 2 aromatic carbocycles. The second kappa shape index (κ2) is 19.5. The summed E-state index contributed by atoms with van der Waals surface area (Å²) < 4.78 is 4.95. The molecule has 4 aromatic rings. The zero-order valence-electron chi connectivity index (χ0n) is 32.7. The topological polar surface area (TPSA) is 190 Å². The average molecular weight is 893 g/mol. The van der Waals surface area contributed by atoms with Crippen molar-refractivity contribution >= 4 is 87.6 Å². The second-order valence-electron chi connectivity index (χ2n) is 14.3. The molecule has 18 heteroatoms. The minimum atomic E-state index is -1.17. The third kappa shape index (κ3) is 10.5. The molecule has 2 saturated heterocycles. The molecule has 0 spiro atoms. The summed E-state index contributed by atoms with van der Waals surface area (Å²) in [6, 6.07) is 22.5. The highest BCUT2D eigenvalue weighted by atomic mass is 35.5. The molecule has 310 valence electrons. The van der Waals surface area contributed by atoms with Crippen molar-refractivity contribution < 1.29 is 28.7 Å². The number of aromatic nitrogens is 2. The zero-order chi connectivity index (χ0) is 43.8. The van der Waals surface area contributed by atoms with Gasteiger partial charge in [0.25, 0.3) is 11.8 Å². The maximum atomic E-state index is 13.7. The van der Waals surface area contributed by atoms with Gasteiger partial charge in [0.15, 0.2) is 0 Å². The molecular weight excluding hydrogens is 854 g/mol. The van der Waals surface area contributed by atoms with E-state index in [9.17, 15) is 24.0 Å².